The van der Waals surface area contributed by atoms with E-state index in [-0.39, 0.29) is 0 Å². The van der Waals surface area contributed by atoms with E-state index in [0.717, 1.165) is 25.5 Å². The zero-order valence-electron chi connectivity index (χ0n) is 12.2. The molecule has 1 aliphatic rings. The molecule has 1 aromatic rings. The van der Waals surface area contributed by atoms with Crippen molar-refractivity contribution >= 4 is 11.8 Å². The van der Waals surface area contributed by atoms with Crippen LogP contribution in [0.2, 0.25) is 0 Å². The Morgan fingerprint density at radius 1 is 1.26 bits per heavy atom. The minimum absolute atomic E-state index is 0.462. The molecule has 0 aliphatic carbocycles. The van der Waals surface area contributed by atoms with Gasteiger partial charge in [0.15, 0.2) is 0 Å². The summed E-state index contributed by atoms with van der Waals surface area (Å²) in [5, 5.41) is 4.39. The molecular formula is C16H25NOS. The predicted octanol–water partition coefficient (Wildman–Crippen LogP) is 3.48. The Labute approximate surface area is 121 Å². The summed E-state index contributed by atoms with van der Waals surface area (Å²) in [6.45, 7) is 9.52. The van der Waals surface area contributed by atoms with E-state index in [4.69, 9.17) is 4.74 Å². The lowest BCUT2D eigenvalue weighted by Gasteiger charge is -2.28. The van der Waals surface area contributed by atoms with Gasteiger partial charge in [-0.3, -0.25) is 0 Å². The largest absolute Gasteiger partial charge is 0.379 e. The predicted molar refractivity (Wildman–Crippen MR) is 84.0 cm³/mol. The van der Waals surface area contributed by atoms with Gasteiger partial charge in [-0.1, -0.05) is 36.2 Å². The molecule has 1 heterocycles. The molecule has 0 amide bonds. The summed E-state index contributed by atoms with van der Waals surface area (Å²) in [7, 11) is 0. The van der Waals surface area contributed by atoms with Gasteiger partial charge in [0.1, 0.15) is 0 Å². The monoisotopic (exact) mass is 279 g/mol. The van der Waals surface area contributed by atoms with Gasteiger partial charge in [0.2, 0.25) is 0 Å². The van der Waals surface area contributed by atoms with Crippen LogP contribution >= 0.6 is 11.8 Å². The van der Waals surface area contributed by atoms with Crippen LogP contribution in [0.1, 0.15) is 36.1 Å². The maximum atomic E-state index is 5.25. The molecule has 1 saturated heterocycles. The Hall–Kier alpha value is -0.510. The molecule has 106 valence electrons. The first-order valence-corrected chi connectivity index (χ1v) is 8.25. The van der Waals surface area contributed by atoms with E-state index in [1.807, 2.05) is 11.8 Å². The SMILES string of the molecule is CCCNC(CSC1COC1)c1cc(C)cc(C)c1. The first-order valence-electron chi connectivity index (χ1n) is 7.20. The highest BCUT2D eigenvalue weighted by Crippen LogP contribution is 2.26. The van der Waals surface area contributed by atoms with Crippen molar-refractivity contribution in [2.75, 3.05) is 25.5 Å². The first kappa shape index (κ1) is 14.9. The Morgan fingerprint density at radius 2 is 1.95 bits per heavy atom. The van der Waals surface area contributed by atoms with Crippen molar-refractivity contribution in [3.05, 3.63) is 34.9 Å². The molecule has 1 N–H and O–H groups in total. The highest BCUT2D eigenvalue weighted by atomic mass is 32.2. The third-order valence-corrected chi connectivity index (χ3v) is 4.66. The molecule has 1 atom stereocenters. The van der Waals surface area contributed by atoms with Crippen LogP contribution in [0, 0.1) is 13.8 Å². The number of hydrogen-bond donors (Lipinski definition) is 1. The molecule has 0 bridgehead atoms. The topological polar surface area (TPSA) is 21.3 Å². The Kier molecular flexibility index (Phi) is 5.74. The lowest BCUT2D eigenvalue weighted by molar-refractivity contribution is 0.0455. The highest BCUT2D eigenvalue weighted by Gasteiger charge is 2.21. The third kappa shape index (κ3) is 4.51. The maximum absolute atomic E-state index is 5.25. The van der Waals surface area contributed by atoms with E-state index in [9.17, 15) is 0 Å². The Bertz CT molecular complexity index is 383. The van der Waals surface area contributed by atoms with E-state index < -0.39 is 0 Å². The van der Waals surface area contributed by atoms with Gasteiger partial charge in [-0.15, -0.1) is 0 Å². The van der Waals surface area contributed by atoms with Crippen molar-refractivity contribution in [1.29, 1.82) is 0 Å². The summed E-state index contributed by atoms with van der Waals surface area (Å²) in [5.41, 5.74) is 4.14. The van der Waals surface area contributed by atoms with Crippen molar-refractivity contribution < 1.29 is 4.74 Å². The smallest absolute Gasteiger partial charge is 0.0607 e. The van der Waals surface area contributed by atoms with Gasteiger partial charge in [0.05, 0.1) is 18.5 Å². The van der Waals surface area contributed by atoms with E-state index in [1.165, 1.54) is 23.1 Å². The molecule has 2 rings (SSSR count). The zero-order valence-corrected chi connectivity index (χ0v) is 13.1. The first-order chi connectivity index (χ1) is 9.19. The summed E-state index contributed by atoms with van der Waals surface area (Å²) < 4.78 is 5.25. The molecule has 19 heavy (non-hydrogen) atoms. The minimum atomic E-state index is 0.462. The molecule has 1 aromatic carbocycles. The maximum Gasteiger partial charge on any atom is 0.0607 e. The lowest BCUT2D eigenvalue weighted by atomic mass is 10.0. The van der Waals surface area contributed by atoms with E-state index in [1.54, 1.807) is 0 Å². The number of thioether (sulfide) groups is 1. The quantitative estimate of drug-likeness (QED) is 0.825. The molecule has 3 heteroatoms. The van der Waals surface area contributed by atoms with Gasteiger partial charge in [-0.25, -0.2) is 0 Å². The van der Waals surface area contributed by atoms with Gasteiger partial charge >= 0.3 is 0 Å². The summed E-state index contributed by atoms with van der Waals surface area (Å²) in [6.07, 6.45) is 1.18. The second kappa shape index (κ2) is 7.32. The van der Waals surface area contributed by atoms with Crippen LogP contribution in [-0.4, -0.2) is 30.8 Å². The molecule has 1 unspecified atom stereocenters. The van der Waals surface area contributed by atoms with Gasteiger partial charge < -0.3 is 10.1 Å². The zero-order chi connectivity index (χ0) is 13.7. The number of rotatable bonds is 7. The van der Waals surface area contributed by atoms with Crippen molar-refractivity contribution in [1.82, 2.24) is 5.32 Å². The number of benzene rings is 1. The summed E-state index contributed by atoms with van der Waals surface area (Å²) in [4.78, 5) is 0. The fourth-order valence-corrected chi connectivity index (χ4v) is 3.51. The van der Waals surface area contributed by atoms with Crippen LogP contribution in [0.4, 0.5) is 0 Å². The second-order valence-electron chi connectivity index (χ2n) is 5.42. The van der Waals surface area contributed by atoms with Crippen molar-refractivity contribution in [3.8, 4) is 0 Å². The average molecular weight is 279 g/mol. The number of hydrogen-bond acceptors (Lipinski definition) is 3. The van der Waals surface area contributed by atoms with Gasteiger partial charge in [0.25, 0.3) is 0 Å². The van der Waals surface area contributed by atoms with Crippen LogP contribution in [0.3, 0.4) is 0 Å². The summed E-state index contributed by atoms with van der Waals surface area (Å²) in [6, 6.07) is 7.34. The molecule has 0 aromatic heterocycles. The van der Waals surface area contributed by atoms with Crippen LogP contribution in [-0.2, 0) is 4.74 Å². The van der Waals surface area contributed by atoms with Crippen molar-refractivity contribution in [3.63, 3.8) is 0 Å². The lowest BCUT2D eigenvalue weighted by Crippen LogP contribution is -2.32. The standard InChI is InChI=1S/C16H25NOS/c1-4-5-17-16(11-19-15-9-18-10-15)14-7-12(2)6-13(3)8-14/h6-8,15-17H,4-5,9-11H2,1-3H3. The normalized spacial score (nSPS) is 17.2. The fraction of sp³-hybridized carbons (Fsp3) is 0.625. The number of aryl methyl sites for hydroxylation is 2. The average Bonchev–Trinajstić information content (AvgIpc) is 2.30. The van der Waals surface area contributed by atoms with E-state index >= 15 is 0 Å². The van der Waals surface area contributed by atoms with Crippen molar-refractivity contribution in [2.24, 2.45) is 0 Å². The second-order valence-corrected chi connectivity index (χ2v) is 6.75. The van der Waals surface area contributed by atoms with Gasteiger partial charge in [-0.05, 0) is 32.4 Å². The van der Waals surface area contributed by atoms with E-state index in [2.05, 4.69) is 44.3 Å². The summed E-state index contributed by atoms with van der Waals surface area (Å²) in [5.74, 6) is 1.14. The molecule has 0 radical (unpaired) electrons. The van der Waals surface area contributed by atoms with Crippen LogP contribution in [0.25, 0.3) is 0 Å². The Balaban J connectivity index is 2.01. The molecule has 1 fully saturated rings. The fourth-order valence-electron chi connectivity index (χ4n) is 2.35. The van der Waals surface area contributed by atoms with E-state index in [0.29, 0.717) is 11.3 Å². The highest BCUT2D eigenvalue weighted by molar-refractivity contribution is 8.00. The molecule has 0 spiro atoms. The minimum Gasteiger partial charge on any atom is -0.379 e. The summed E-state index contributed by atoms with van der Waals surface area (Å²) >= 11 is 2.04. The van der Waals surface area contributed by atoms with Gasteiger partial charge in [0, 0.05) is 11.8 Å². The molecule has 1 aliphatic heterocycles. The molecule has 0 saturated carbocycles. The van der Waals surface area contributed by atoms with Crippen molar-refractivity contribution in [2.45, 2.75) is 38.5 Å². The van der Waals surface area contributed by atoms with Crippen LogP contribution < -0.4 is 5.32 Å². The van der Waals surface area contributed by atoms with Crippen LogP contribution in [0.15, 0.2) is 18.2 Å². The van der Waals surface area contributed by atoms with Crippen LogP contribution in [0.5, 0.6) is 0 Å². The third-order valence-electron chi connectivity index (χ3n) is 3.39. The molecular weight excluding hydrogens is 254 g/mol. The van der Waals surface area contributed by atoms with Gasteiger partial charge in [-0.2, -0.15) is 11.8 Å². The number of ether oxygens (including phenoxy) is 1. The Morgan fingerprint density at radius 3 is 2.47 bits per heavy atom. The number of nitrogens with one attached hydrogen (secondary N) is 1. The molecule has 2 nitrogen and oxygen atoms in total.